The number of nitrogens with zero attached hydrogens (tertiary/aromatic N) is 1. The van der Waals surface area contributed by atoms with Crippen molar-refractivity contribution < 1.29 is 18.7 Å². The fourth-order valence-corrected chi connectivity index (χ4v) is 3.75. The van der Waals surface area contributed by atoms with Crippen LogP contribution in [0.3, 0.4) is 0 Å². The molecule has 0 unspecified atom stereocenters. The zero-order valence-corrected chi connectivity index (χ0v) is 16.9. The van der Waals surface area contributed by atoms with Gasteiger partial charge in [-0.1, -0.05) is 17.7 Å². The van der Waals surface area contributed by atoms with E-state index in [-0.39, 0.29) is 17.4 Å². The van der Waals surface area contributed by atoms with E-state index in [4.69, 9.17) is 16.3 Å². The molecule has 2 aromatic carbocycles. The highest BCUT2D eigenvalue weighted by Crippen LogP contribution is 2.30. The third-order valence-corrected chi connectivity index (χ3v) is 5.57. The lowest BCUT2D eigenvalue weighted by Crippen LogP contribution is -2.36. The largest absolute Gasteiger partial charge is 0.378 e. The van der Waals surface area contributed by atoms with Gasteiger partial charge in [0.05, 0.1) is 30.3 Å². The number of rotatable bonds is 6. The Labute approximate surface area is 172 Å². The number of carbonyl (C=O) groups excluding carboxylic acids is 2. The molecule has 3 rings (SSSR count). The summed E-state index contributed by atoms with van der Waals surface area (Å²) < 4.78 is 19.5. The van der Waals surface area contributed by atoms with Crippen molar-refractivity contribution in [3.63, 3.8) is 0 Å². The number of hydrogen-bond acceptors (Lipinski definition) is 5. The molecule has 8 heteroatoms. The van der Waals surface area contributed by atoms with Crippen molar-refractivity contribution in [3.05, 3.63) is 52.8 Å². The molecule has 1 fully saturated rings. The van der Waals surface area contributed by atoms with E-state index in [0.29, 0.717) is 34.4 Å². The second kappa shape index (κ2) is 9.41. The Hall–Kier alpha value is -2.09. The van der Waals surface area contributed by atoms with Gasteiger partial charge >= 0.3 is 0 Å². The van der Waals surface area contributed by atoms with Crippen LogP contribution in [0, 0.1) is 5.82 Å². The van der Waals surface area contributed by atoms with Gasteiger partial charge in [0.25, 0.3) is 0 Å². The molecular weight excluding hydrogens is 403 g/mol. The van der Waals surface area contributed by atoms with E-state index >= 15 is 0 Å². The van der Waals surface area contributed by atoms with E-state index in [9.17, 15) is 14.0 Å². The molecular formula is C20H20ClFN2O3S. The first-order valence-electron chi connectivity index (χ1n) is 8.79. The highest BCUT2D eigenvalue weighted by atomic mass is 35.5. The average Bonchev–Trinajstić information content (AvgIpc) is 2.67. The molecule has 1 N–H and O–H groups in total. The number of benzene rings is 2. The minimum atomic E-state index is -0.512. The molecule has 1 saturated heterocycles. The molecule has 1 heterocycles. The summed E-state index contributed by atoms with van der Waals surface area (Å²) in [5.74, 6) is -0.949. The van der Waals surface area contributed by atoms with Crippen molar-refractivity contribution in [2.75, 3.05) is 42.3 Å². The molecule has 5 nitrogen and oxygen atoms in total. The molecule has 0 bridgehead atoms. The van der Waals surface area contributed by atoms with Crippen LogP contribution in [0.15, 0.2) is 41.3 Å². The fraction of sp³-hybridized carbons (Fsp3) is 0.300. The summed E-state index contributed by atoms with van der Waals surface area (Å²) in [7, 11) is 0. The number of ketones is 1. The Kier molecular flexibility index (Phi) is 6.93. The molecule has 1 aliphatic heterocycles. The van der Waals surface area contributed by atoms with Gasteiger partial charge in [-0.15, -0.1) is 11.8 Å². The van der Waals surface area contributed by atoms with Crippen LogP contribution in [-0.4, -0.2) is 43.7 Å². The van der Waals surface area contributed by atoms with E-state index in [1.54, 1.807) is 18.2 Å². The number of thioether (sulfide) groups is 1. The normalized spacial score (nSPS) is 14.0. The smallest absolute Gasteiger partial charge is 0.234 e. The van der Waals surface area contributed by atoms with Gasteiger partial charge in [0.15, 0.2) is 5.78 Å². The zero-order chi connectivity index (χ0) is 20.1. The number of nitrogens with one attached hydrogen (secondary N) is 1. The van der Waals surface area contributed by atoms with E-state index in [0.717, 1.165) is 30.5 Å². The Bertz CT molecular complexity index is 888. The van der Waals surface area contributed by atoms with Gasteiger partial charge in [-0.25, -0.2) is 4.39 Å². The van der Waals surface area contributed by atoms with Gasteiger partial charge in [0, 0.05) is 28.6 Å². The standard InChI is InChI=1S/C20H20ClFN2O3S/c1-13(25)14-2-5-19(16(22)10-14)28-12-20(26)23-17-11-15(21)3-4-18(17)24-6-8-27-9-7-24/h2-5,10-11H,6-9,12H2,1H3,(H,23,26). The van der Waals surface area contributed by atoms with Crippen LogP contribution in [0.2, 0.25) is 5.02 Å². The molecule has 148 valence electrons. The first kappa shape index (κ1) is 20.6. The molecule has 1 aliphatic rings. The van der Waals surface area contributed by atoms with Crippen molar-refractivity contribution in [1.29, 1.82) is 0 Å². The Morgan fingerprint density at radius 1 is 1.21 bits per heavy atom. The van der Waals surface area contributed by atoms with Crippen molar-refractivity contribution in [2.45, 2.75) is 11.8 Å². The highest BCUT2D eigenvalue weighted by molar-refractivity contribution is 8.00. The molecule has 2 aromatic rings. The number of Topliss-reactive ketones (excluding diaryl/α,β-unsaturated/α-hetero) is 1. The lowest BCUT2D eigenvalue weighted by molar-refractivity contribution is -0.113. The summed E-state index contributed by atoms with van der Waals surface area (Å²) in [6.45, 7) is 4.09. The zero-order valence-electron chi connectivity index (χ0n) is 15.3. The van der Waals surface area contributed by atoms with Gasteiger partial charge in [0.1, 0.15) is 5.82 Å². The summed E-state index contributed by atoms with van der Waals surface area (Å²) in [5.41, 5.74) is 1.80. The maximum Gasteiger partial charge on any atom is 0.234 e. The van der Waals surface area contributed by atoms with Crippen LogP contribution in [0.5, 0.6) is 0 Å². The maximum absolute atomic E-state index is 14.1. The van der Waals surface area contributed by atoms with Crippen LogP contribution < -0.4 is 10.2 Å². The van der Waals surface area contributed by atoms with Crippen LogP contribution in [0.25, 0.3) is 0 Å². The van der Waals surface area contributed by atoms with E-state index < -0.39 is 5.82 Å². The number of ether oxygens (including phenoxy) is 1. The van der Waals surface area contributed by atoms with Crippen molar-refractivity contribution >= 4 is 46.4 Å². The predicted molar refractivity (Wildman–Crippen MR) is 110 cm³/mol. The summed E-state index contributed by atoms with van der Waals surface area (Å²) in [5, 5.41) is 3.38. The molecule has 0 aliphatic carbocycles. The van der Waals surface area contributed by atoms with Gasteiger partial charge < -0.3 is 15.0 Å². The SMILES string of the molecule is CC(=O)c1ccc(SCC(=O)Nc2cc(Cl)ccc2N2CCOCC2)c(F)c1. The molecule has 1 amide bonds. The van der Waals surface area contributed by atoms with Crippen LogP contribution in [0.1, 0.15) is 17.3 Å². The lowest BCUT2D eigenvalue weighted by atomic mass is 10.1. The lowest BCUT2D eigenvalue weighted by Gasteiger charge is -2.30. The Morgan fingerprint density at radius 3 is 2.64 bits per heavy atom. The summed E-state index contributed by atoms with van der Waals surface area (Å²) >= 11 is 7.17. The predicted octanol–water partition coefficient (Wildman–Crippen LogP) is 4.25. The summed E-state index contributed by atoms with van der Waals surface area (Å²) in [4.78, 5) is 26.2. The monoisotopic (exact) mass is 422 g/mol. The number of hydrogen-bond donors (Lipinski definition) is 1. The number of anilines is 2. The van der Waals surface area contributed by atoms with Crippen molar-refractivity contribution in [1.82, 2.24) is 0 Å². The first-order valence-corrected chi connectivity index (χ1v) is 10.2. The second-order valence-electron chi connectivity index (χ2n) is 6.30. The minimum absolute atomic E-state index is 0.0331. The van der Waals surface area contributed by atoms with Gasteiger partial charge in [0.2, 0.25) is 5.91 Å². The van der Waals surface area contributed by atoms with E-state index in [2.05, 4.69) is 10.2 Å². The number of morpholine rings is 1. The van der Waals surface area contributed by atoms with E-state index in [1.165, 1.54) is 19.1 Å². The van der Waals surface area contributed by atoms with Crippen molar-refractivity contribution in [3.8, 4) is 0 Å². The average molecular weight is 423 g/mol. The quantitative estimate of drug-likeness (QED) is 0.557. The van der Waals surface area contributed by atoms with E-state index in [1.807, 2.05) is 6.07 Å². The Morgan fingerprint density at radius 2 is 1.96 bits per heavy atom. The molecule has 0 saturated carbocycles. The van der Waals surface area contributed by atoms with Crippen LogP contribution >= 0.6 is 23.4 Å². The number of amides is 1. The topological polar surface area (TPSA) is 58.6 Å². The van der Waals surface area contributed by atoms with Crippen molar-refractivity contribution in [2.24, 2.45) is 0 Å². The molecule has 0 spiro atoms. The molecule has 0 atom stereocenters. The molecule has 28 heavy (non-hydrogen) atoms. The minimum Gasteiger partial charge on any atom is -0.378 e. The number of carbonyl (C=O) groups is 2. The highest BCUT2D eigenvalue weighted by Gasteiger charge is 2.17. The molecule has 0 radical (unpaired) electrons. The van der Waals surface area contributed by atoms with Gasteiger partial charge in [-0.05, 0) is 37.3 Å². The number of halogens is 2. The first-order chi connectivity index (χ1) is 13.4. The maximum atomic E-state index is 14.1. The molecule has 0 aromatic heterocycles. The summed E-state index contributed by atoms with van der Waals surface area (Å²) in [6, 6.07) is 9.62. The Balaban J connectivity index is 1.66. The third kappa shape index (κ3) is 5.25. The summed E-state index contributed by atoms with van der Waals surface area (Å²) in [6.07, 6.45) is 0. The second-order valence-corrected chi connectivity index (χ2v) is 7.75. The van der Waals surface area contributed by atoms with Gasteiger partial charge in [-0.3, -0.25) is 9.59 Å². The fourth-order valence-electron chi connectivity index (χ4n) is 2.85. The van der Waals surface area contributed by atoms with Gasteiger partial charge in [-0.2, -0.15) is 0 Å². The van der Waals surface area contributed by atoms with Crippen LogP contribution in [0.4, 0.5) is 15.8 Å². The third-order valence-electron chi connectivity index (χ3n) is 4.28. The van der Waals surface area contributed by atoms with Crippen LogP contribution in [-0.2, 0) is 9.53 Å².